The summed E-state index contributed by atoms with van der Waals surface area (Å²) in [6.45, 7) is 8.92. The summed E-state index contributed by atoms with van der Waals surface area (Å²) in [7, 11) is 1.69. The Balaban J connectivity index is 1.78. The summed E-state index contributed by atoms with van der Waals surface area (Å²) in [6.07, 6.45) is 4.98. The van der Waals surface area contributed by atoms with Crippen molar-refractivity contribution in [2.24, 2.45) is 11.8 Å². The number of ether oxygens (including phenoxy) is 1. The van der Waals surface area contributed by atoms with Gasteiger partial charge in [0.25, 0.3) is 0 Å². The van der Waals surface area contributed by atoms with Gasteiger partial charge >= 0.3 is 0 Å². The number of rotatable bonds is 7. The summed E-state index contributed by atoms with van der Waals surface area (Å²) in [5.74, 6) is 2.09. The molecule has 2 nitrogen and oxygen atoms in total. The summed E-state index contributed by atoms with van der Waals surface area (Å²) in [4.78, 5) is 13.2. The topological polar surface area (TPSA) is 26.3 Å². The minimum absolute atomic E-state index is 0.133. The molecule has 2 aromatic carbocycles. The summed E-state index contributed by atoms with van der Waals surface area (Å²) >= 11 is 0. The van der Waals surface area contributed by atoms with Crippen LogP contribution >= 0.6 is 0 Å². The number of Topliss-reactive ketones (excluding diaryl/α,β-unsaturated/α-hetero) is 1. The van der Waals surface area contributed by atoms with Crippen LogP contribution in [0, 0.1) is 11.8 Å². The fourth-order valence-corrected chi connectivity index (χ4v) is 4.75. The van der Waals surface area contributed by atoms with E-state index in [1.165, 1.54) is 16.7 Å². The van der Waals surface area contributed by atoms with Crippen LogP contribution in [0.5, 0.6) is 5.75 Å². The first-order valence-electron chi connectivity index (χ1n) is 11.1. The Labute approximate surface area is 176 Å². The van der Waals surface area contributed by atoms with Crippen LogP contribution in [0.25, 0.3) is 0 Å². The fraction of sp³-hybridized carbons (Fsp3) is 0.519. The van der Waals surface area contributed by atoms with E-state index in [2.05, 4.69) is 64.1 Å². The molecule has 1 saturated carbocycles. The zero-order valence-corrected chi connectivity index (χ0v) is 18.7. The molecule has 0 N–H and O–H groups in total. The Morgan fingerprint density at radius 2 is 1.62 bits per heavy atom. The lowest BCUT2D eigenvalue weighted by atomic mass is 9.82. The molecule has 1 aliphatic rings. The summed E-state index contributed by atoms with van der Waals surface area (Å²) in [5.41, 5.74) is 4.12. The monoisotopic (exact) mass is 392 g/mol. The minimum Gasteiger partial charge on any atom is -0.497 e. The molecule has 3 rings (SSSR count). The highest BCUT2D eigenvalue weighted by molar-refractivity contribution is 5.87. The van der Waals surface area contributed by atoms with E-state index in [1.54, 1.807) is 7.11 Å². The van der Waals surface area contributed by atoms with E-state index in [9.17, 15) is 4.79 Å². The van der Waals surface area contributed by atoms with Gasteiger partial charge in [0, 0.05) is 11.8 Å². The number of hydrogen-bond acceptors (Lipinski definition) is 2. The van der Waals surface area contributed by atoms with Crippen LogP contribution in [0.2, 0.25) is 0 Å². The van der Waals surface area contributed by atoms with Crippen LogP contribution in [0.1, 0.15) is 76.0 Å². The lowest BCUT2D eigenvalue weighted by Gasteiger charge is -2.22. The first kappa shape index (κ1) is 21.6. The molecule has 1 aliphatic carbocycles. The maximum atomic E-state index is 13.2. The van der Waals surface area contributed by atoms with Gasteiger partial charge in [-0.2, -0.15) is 0 Å². The molecular weight excluding hydrogens is 356 g/mol. The second kappa shape index (κ2) is 9.15. The molecule has 2 aromatic rings. The second-order valence-corrected chi connectivity index (χ2v) is 9.60. The molecule has 2 heteroatoms. The number of ketones is 1. The normalized spacial score (nSPS) is 22.1. The molecular formula is C27H36O2. The van der Waals surface area contributed by atoms with Crippen LogP contribution in [0.3, 0.4) is 0 Å². The van der Waals surface area contributed by atoms with Gasteiger partial charge in [-0.3, -0.25) is 4.79 Å². The van der Waals surface area contributed by atoms with Crippen molar-refractivity contribution < 1.29 is 9.53 Å². The van der Waals surface area contributed by atoms with Gasteiger partial charge in [-0.1, -0.05) is 70.5 Å². The quantitative estimate of drug-likeness (QED) is 0.523. The van der Waals surface area contributed by atoms with E-state index in [0.29, 0.717) is 11.7 Å². The maximum absolute atomic E-state index is 13.2. The Morgan fingerprint density at radius 3 is 2.17 bits per heavy atom. The van der Waals surface area contributed by atoms with Crippen LogP contribution in [-0.4, -0.2) is 12.9 Å². The van der Waals surface area contributed by atoms with Crippen LogP contribution in [0.4, 0.5) is 0 Å². The molecule has 0 aliphatic heterocycles. The van der Waals surface area contributed by atoms with E-state index in [1.807, 2.05) is 12.1 Å². The summed E-state index contributed by atoms with van der Waals surface area (Å²) in [6, 6.07) is 17.3. The van der Waals surface area contributed by atoms with E-state index in [0.717, 1.165) is 37.9 Å². The van der Waals surface area contributed by atoms with Crippen molar-refractivity contribution in [2.75, 3.05) is 7.11 Å². The smallest absolute Gasteiger partial charge is 0.139 e. The molecule has 156 valence electrons. The highest BCUT2D eigenvalue weighted by atomic mass is 16.5. The second-order valence-electron chi connectivity index (χ2n) is 9.60. The van der Waals surface area contributed by atoms with Gasteiger partial charge in [0.1, 0.15) is 11.5 Å². The summed E-state index contributed by atoms with van der Waals surface area (Å²) < 4.78 is 5.26. The van der Waals surface area contributed by atoms with Gasteiger partial charge in [-0.05, 0) is 65.8 Å². The van der Waals surface area contributed by atoms with Crippen LogP contribution < -0.4 is 4.74 Å². The van der Waals surface area contributed by atoms with E-state index in [4.69, 9.17) is 4.74 Å². The lowest BCUT2D eigenvalue weighted by Crippen LogP contribution is -2.18. The molecule has 0 radical (unpaired) electrons. The van der Waals surface area contributed by atoms with Crippen molar-refractivity contribution in [2.45, 2.75) is 71.1 Å². The zero-order valence-electron chi connectivity index (χ0n) is 18.7. The number of aryl methyl sites for hydroxylation is 1. The molecule has 0 aromatic heterocycles. The number of hydrogen-bond donors (Lipinski definition) is 0. The fourth-order valence-electron chi connectivity index (χ4n) is 4.75. The first-order chi connectivity index (χ1) is 13.8. The highest BCUT2D eigenvalue weighted by Gasteiger charge is 2.41. The third-order valence-corrected chi connectivity index (χ3v) is 6.54. The molecule has 3 atom stereocenters. The van der Waals surface area contributed by atoms with Crippen molar-refractivity contribution in [1.29, 1.82) is 0 Å². The molecule has 1 unspecified atom stereocenters. The number of methoxy groups -OCH3 is 1. The molecule has 0 heterocycles. The summed E-state index contributed by atoms with van der Waals surface area (Å²) in [5, 5.41) is 0. The molecule has 0 saturated heterocycles. The van der Waals surface area contributed by atoms with Crippen LogP contribution in [-0.2, 0) is 16.6 Å². The third kappa shape index (κ3) is 5.10. The predicted molar refractivity (Wildman–Crippen MR) is 121 cm³/mol. The SMILES string of the molecule is CCC[C@@H]1C[C@@H](c2ccc(C(C)(C)C)cc2)C(CCc2ccc(OC)cc2)C1=O. The lowest BCUT2D eigenvalue weighted by molar-refractivity contribution is -0.124. The molecule has 1 fully saturated rings. The number of carbonyl (C=O) groups is 1. The van der Waals surface area contributed by atoms with E-state index >= 15 is 0 Å². The van der Waals surface area contributed by atoms with E-state index in [-0.39, 0.29) is 17.3 Å². The van der Waals surface area contributed by atoms with Gasteiger partial charge in [0.2, 0.25) is 0 Å². The Morgan fingerprint density at radius 1 is 0.966 bits per heavy atom. The van der Waals surface area contributed by atoms with Crippen molar-refractivity contribution in [3.05, 3.63) is 65.2 Å². The Hall–Kier alpha value is -2.09. The van der Waals surface area contributed by atoms with E-state index < -0.39 is 0 Å². The molecule has 0 spiro atoms. The zero-order chi connectivity index (χ0) is 21.0. The van der Waals surface area contributed by atoms with Gasteiger partial charge in [0.05, 0.1) is 7.11 Å². The van der Waals surface area contributed by atoms with Gasteiger partial charge < -0.3 is 4.74 Å². The number of benzene rings is 2. The largest absolute Gasteiger partial charge is 0.497 e. The third-order valence-electron chi connectivity index (χ3n) is 6.54. The standard InChI is InChI=1S/C27H36O2/c1-6-7-21-18-25(20-11-13-22(14-12-20)27(2,3)4)24(26(21)28)17-10-19-8-15-23(29-5)16-9-19/h8-9,11-16,21,24-25H,6-7,10,17-18H2,1-5H3/t21-,24?,25+/m1/s1. The maximum Gasteiger partial charge on any atom is 0.139 e. The van der Waals surface area contributed by atoms with Crippen LogP contribution in [0.15, 0.2) is 48.5 Å². The van der Waals surface area contributed by atoms with Crippen molar-refractivity contribution in [1.82, 2.24) is 0 Å². The molecule has 0 amide bonds. The molecule has 0 bridgehead atoms. The van der Waals surface area contributed by atoms with Crippen molar-refractivity contribution >= 4 is 5.78 Å². The molecule has 29 heavy (non-hydrogen) atoms. The Bertz CT molecular complexity index is 796. The number of carbonyl (C=O) groups excluding carboxylic acids is 1. The van der Waals surface area contributed by atoms with Gasteiger partial charge in [0.15, 0.2) is 0 Å². The first-order valence-corrected chi connectivity index (χ1v) is 11.1. The highest BCUT2D eigenvalue weighted by Crippen LogP contribution is 2.44. The van der Waals surface area contributed by atoms with Gasteiger partial charge in [-0.15, -0.1) is 0 Å². The Kier molecular flexibility index (Phi) is 6.82. The van der Waals surface area contributed by atoms with Crippen molar-refractivity contribution in [3.63, 3.8) is 0 Å². The predicted octanol–water partition coefficient (Wildman–Crippen LogP) is 6.71. The van der Waals surface area contributed by atoms with Crippen molar-refractivity contribution in [3.8, 4) is 5.75 Å². The average Bonchev–Trinajstić information content (AvgIpc) is 3.02. The average molecular weight is 393 g/mol. The minimum atomic E-state index is 0.133. The van der Waals surface area contributed by atoms with Gasteiger partial charge in [-0.25, -0.2) is 0 Å².